The lowest BCUT2D eigenvalue weighted by Crippen LogP contribution is -2.28. The van der Waals surface area contributed by atoms with Crippen molar-refractivity contribution in [3.05, 3.63) is 58.3 Å². The predicted octanol–water partition coefficient (Wildman–Crippen LogP) is 3.14. The van der Waals surface area contributed by atoms with E-state index in [0.29, 0.717) is 13.0 Å². The Hall–Kier alpha value is -1.17. The van der Waals surface area contributed by atoms with Gasteiger partial charge in [0.15, 0.2) is 0 Å². The Morgan fingerprint density at radius 3 is 2.50 bits per heavy atom. The molecule has 2 aromatic rings. The molecule has 1 heterocycles. The molecular weight excluding hydrogens is 290 g/mol. The first-order chi connectivity index (χ1) is 9.58. The Morgan fingerprint density at radius 2 is 1.85 bits per heavy atom. The van der Waals surface area contributed by atoms with Gasteiger partial charge in [-0.15, -0.1) is 11.3 Å². The summed E-state index contributed by atoms with van der Waals surface area (Å²) in [6, 6.07) is 13.9. The van der Waals surface area contributed by atoms with E-state index < -0.39 is 10.0 Å². The van der Waals surface area contributed by atoms with Gasteiger partial charge in [0.2, 0.25) is 10.0 Å². The fourth-order valence-electron chi connectivity index (χ4n) is 1.98. The van der Waals surface area contributed by atoms with Crippen LogP contribution in [-0.2, 0) is 23.0 Å². The number of sulfonamides is 1. The molecule has 0 radical (unpaired) electrons. The maximum atomic E-state index is 12.2. The zero-order valence-electron chi connectivity index (χ0n) is 11.5. The molecule has 0 aliphatic carbocycles. The zero-order valence-corrected chi connectivity index (χ0v) is 13.2. The van der Waals surface area contributed by atoms with Gasteiger partial charge in [-0.1, -0.05) is 36.4 Å². The standard InChI is InChI=1S/C15H19NO2S2/c1-16(13-15-10-5-11-19-15)20(17,18)12-6-9-14-7-3-2-4-8-14/h2-5,7-8,10-11H,6,9,12-13H2,1H3. The molecule has 0 amide bonds. The second-order valence-electron chi connectivity index (χ2n) is 4.74. The largest absolute Gasteiger partial charge is 0.214 e. The van der Waals surface area contributed by atoms with Gasteiger partial charge in [-0.05, 0) is 29.9 Å². The van der Waals surface area contributed by atoms with E-state index in [1.165, 1.54) is 9.87 Å². The summed E-state index contributed by atoms with van der Waals surface area (Å²) in [7, 11) is -1.52. The van der Waals surface area contributed by atoms with Crippen LogP contribution in [0.2, 0.25) is 0 Å². The van der Waals surface area contributed by atoms with E-state index in [9.17, 15) is 8.42 Å². The maximum Gasteiger partial charge on any atom is 0.214 e. The Morgan fingerprint density at radius 1 is 1.10 bits per heavy atom. The molecule has 0 N–H and O–H groups in total. The van der Waals surface area contributed by atoms with Crippen molar-refractivity contribution in [1.82, 2.24) is 4.31 Å². The minimum atomic E-state index is -3.17. The quantitative estimate of drug-likeness (QED) is 0.788. The summed E-state index contributed by atoms with van der Waals surface area (Å²) in [5.74, 6) is 0.198. The molecule has 0 aliphatic rings. The van der Waals surface area contributed by atoms with Gasteiger partial charge >= 0.3 is 0 Å². The van der Waals surface area contributed by atoms with Gasteiger partial charge in [0.05, 0.1) is 5.75 Å². The average Bonchev–Trinajstić information content (AvgIpc) is 2.92. The van der Waals surface area contributed by atoms with Crippen molar-refractivity contribution >= 4 is 21.4 Å². The Kier molecular flexibility index (Phi) is 5.34. The predicted molar refractivity (Wildman–Crippen MR) is 84.3 cm³/mol. The van der Waals surface area contributed by atoms with Crippen LogP contribution >= 0.6 is 11.3 Å². The third kappa shape index (κ3) is 4.44. The summed E-state index contributed by atoms with van der Waals surface area (Å²) in [5.41, 5.74) is 1.18. The number of nitrogens with zero attached hydrogens (tertiary/aromatic N) is 1. The highest BCUT2D eigenvalue weighted by molar-refractivity contribution is 7.89. The second kappa shape index (κ2) is 7.02. The summed E-state index contributed by atoms with van der Waals surface area (Å²) < 4.78 is 25.8. The van der Waals surface area contributed by atoms with E-state index in [-0.39, 0.29) is 5.75 Å². The molecule has 2 rings (SSSR count). The van der Waals surface area contributed by atoms with E-state index >= 15 is 0 Å². The highest BCUT2D eigenvalue weighted by Crippen LogP contribution is 2.14. The lowest BCUT2D eigenvalue weighted by atomic mass is 10.1. The minimum absolute atomic E-state index is 0.198. The highest BCUT2D eigenvalue weighted by Gasteiger charge is 2.17. The molecule has 20 heavy (non-hydrogen) atoms. The molecule has 3 nitrogen and oxygen atoms in total. The molecule has 0 saturated heterocycles. The van der Waals surface area contributed by atoms with Crippen LogP contribution in [0.5, 0.6) is 0 Å². The van der Waals surface area contributed by atoms with Gasteiger partial charge in [-0.3, -0.25) is 0 Å². The van der Waals surface area contributed by atoms with E-state index in [1.54, 1.807) is 18.4 Å². The molecule has 0 unspecified atom stereocenters. The van der Waals surface area contributed by atoms with Gasteiger partial charge in [-0.2, -0.15) is 4.31 Å². The maximum absolute atomic E-state index is 12.2. The van der Waals surface area contributed by atoms with Crippen LogP contribution in [0, 0.1) is 0 Å². The van der Waals surface area contributed by atoms with E-state index in [2.05, 4.69) is 0 Å². The Balaban J connectivity index is 1.84. The first-order valence-electron chi connectivity index (χ1n) is 6.58. The van der Waals surface area contributed by atoms with Crippen molar-refractivity contribution in [3.8, 4) is 0 Å². The molecule has 1 aromatic carbocycles. The smallest absolute Gasteiger partial charge is 0.212 e. The fourth-order valence-corrected chi connectivity index (χ4v) is 3.98. The Bertz CT molecular complexity index is 607. The van der Waals surface area contributed by atoms with Crippen LogP contribution in [0.4, 0.5) is 0 Å². The summed E-state index contributed by atoms with van der Waals surface area (Å²) in [6.07, 6.45) is 1.45. The lowest BCUT2D eigenvalue weighted by molar-refractivity contribution is 0.468. The van der Waals surface area contributed by atoms with Crippen molar-refractivity contribution in [2.75, 3.05) is 12.8 Å². The summed E-state index contributed by atoms with van der Waals surface area (Å²) in [6.45, 7) is 0.464. The van der Waals surface area contributed by atoms with Crippen molar-refractivity contribution < 1.29 is 8.42 Å². The molecule has 0 atom stereocenters. The molecule has 0 aliphatic heterocycles. The normalized spacial score (nSPS) is 11.9. The van der Waals surface area contributed by atoms with E-state index in [4.69, 9.17) is 0 Å². The van der Waals surface area contributed by atoms with Crippen LogP contribution < -0.4 is 0 Å². The van der Waals surface area contributed by atoms with Gasteiger partial charge in [0, 0.05) is 18.5 Å². The molecule has 0 bridgehead atoms. The molecule has 1 aromatic heterocycles. The third-order valence-electron chi connectivity index (χ3n) is 3.14. The van der Waals surface area contributed by atoms with Gasteiger partial charge in [-0.25, -0.2) is 8.42 Å². The average molecular weight is 309 g/mol. The summed E-state index contributed by atoms with van der Waals surface area (Å²) >= 11 is 1.58. The first-order valence-corrected chi connectivity index (χ1v) is 9.07. The van der Waals surface area contributed by atoms with Gasteiger partial charge < -0.3 is 0 Å². The first kappa shape index (κ1) is 15.2. The fraction of sp³-hybridized carbons (Fsp3) is 0.333. The SMILES string of the molecule is CN(Cc1cccs1)S(=O)(=O)CCCc1ccccc1. The van der Waals surface area contributed by atoms with Crippen LogP contribution in [-0.4, -0.2) is 25.5 Å². The van der Waals surface area contributed by atoms with Crippen LogP contribution in [0.15, 0.2) is 47.8 Å². The third-order valence-corrected chi connectivity index (χ3v) is 5.89. The second-order valence-corrected chi connectivity index (χ2v) is 7.97. The van der Waals surface area contributed by atoms with Crippen molar-refractivity contribution in [2.45, 2.75) is 19.4 Å². The molecule has 0 spiro atoms. The lowest BCUT2D eigenvalue weighted by Gasteiger charge is -2.16. The van der Waals surface area contributed by atoms with Crippen molar-refractivity contribution in [1.29, 1.82) is 0 Å². The van der Waals surface area contributed by atoms with Crippen LogP contribution in [0.3, 0.4) is 0 Å². The Labute approximate surface area is 124 Å². The van der Waals surface area contributed by atoms with E-state index in [0.717, 1.165) is 11.3 Å². The molecular formula is C15H19NO2S2. The van der Waals surface area contributed by atoms with Crippen molar-refractivity contribution in [3.63, 3.8) is 0 Å². The topological polar surface area (TPSA) is 37.4 Å². The van der Waals surface area contributed by atoms with Crippen LogP contribution in [0.1, 0.15) is 16.9 Å². The summed E-state index contributed by atoms with van der Waals surface area (Å²) in [5, 5.41) is 1.96. The van der Waals surface area contributed by atoms with E-state index in [1.807, 2.05) is 47.8 Å². The molecule has 0 fully saturated rings. The molecule has 5 heteroatoms. The monoisotopic (exact) mass is 309 g/mol. The highest BCUT2D eigenvalue weighted by atomic mass is 32.2. The number of thiophene rings is 1. The van der Waals surface area contributed by atoms with Gasteiger partial charge in [0.1, 0.15) is 0 Å². The summed E-state index contributed by atoms with van der Waals surface area (Å²) in [4.78, 5) is 1.07. The number of benzene rings is 1. The minimum Gasteiger partial charge on any atom is -0.212 e. The van der Waals surface area contributed by atoms with Gasteiger partial charge in [0.25, 0.3) is 0 Å². The number of hydrogen-bond donors (Lipinski definition) is 0. The van der Waals surface area contributed by atoms with Crippen LogP contribution in [0.25, 0.3) is 0 Å². The number of hydrogen-bond acceptors (Lipinski definition) is 3. The number of rotatable bonds is 7. The zero-order chi connectivity index (χ0) is 14.4. The molecule has 0 saturated carbocycles. The van der Waals surface area contributed by atoms with Crippen molar-refractivity contribution in [2.24, 2.45) is 0 Å². The molecule has 108 valence electrons. The number of aryl methyl sites for hydroxylation is 1.